The minimum absolute atomic E-state index is 0.0370. The normalized spacial score (nSPS) is 22.0. The molecule has 33 heteroatoms. The molecule has 2 fully saturated rings. The van der Waals surface area contributed by atoms with Crippen molar-refractivity contribution in [2.24, 2.45) is 17.4 Å². The number of nitrogens with zero attached hydrogens (tertiary/aromatic N) is 1. The van der Waals surface area contributed by atoms with E-state index in [1.165, 1.54) is 58.9 Å². The van der Waals surface area contributed by atoms with Crippen molar-refractivity contribution in [1.29, 1.82) is 0 Å². The number of para-hydroxylation sites is 1. The molecule has 1 aromatic heterocycles. The number of hydrogen-bond acceptors (Lipinski definition) is 19. The molecule has 3 aromatic carbocycles. The van der Waals surface area contributed by atoms with E-state index < -0.39 is 179 Å². The Morgan fingerprint density at radius 2 is 1.27 bits per heavy atom. The standard InChI is InChI=1S/C65H87N13O18S2/c1-33(2)51(64(95)96)75-60(91)47-32-97-98-65(4,5)53(77-59(90)46(30-50(83)84)72-61(92)48-18-12-26-78(48)63(94)52(34(3)79)76-54(85)40(67)23-24-49(81)82)62(93)73-44(27-35-13-7-6-8-14-35)56(87)71-45(29-37-31-68-41-16-10-9-15-39(37)41)58(89)69-42(17-11-25-66)55(86)70-43(57(88)74-47)28-36-19-21-38(80)22-20-36/h6-10,13-16,19-22,31,33-34,40,42-48,51-53,68,79-80H,11-12,17-18,23-30,32,66-67H2,1-5H3,(H,69,89)(H,70,86)(H,71,87)(H,72,92)(H,73,93)(H,74,88)(H,75,91)(H,76,85)(H,77,90)(H,81,82)(H,83,84)(H,95,96)/t34-,40+,42+,43+,44+,45-,46+,47+,48+,51+,52+,53-/m1/s1. The zero-order valence-electron chi connectivity index (χ0n) is 54.7. The van der Waals surface area contributed by atoms with Crippen molar-refractivity contribution in [3.05, 3.63) is 102 Å². The number of aliphatic hydroxyl groups excluding tert-OH is 1. The van der Waals surface area contributed by atoms with E-state index in [4.69, 9.17) is 16.6 Å². The average Bonchev–Trinajstić information content (AvgIpc) is 1.81. The number of aromatic nitrogens is 1. The highest BCUT2D eigenvalue weighted by molar-refractivity contribution is 8.77. The van der Waals surface area contributed by atoms with Gasteiger partial charge in [-0.1, -0.05) is 96.1 Å². The third kappa shape index (κ3) is 22.4. The summed E-state index contributed by atoms with van der Waals surface area (Å²) in [6.45, 7) is 7.06. The zero-order chi connectivity index (χ0) is 72.1. The second-order valence-corrected chi connectivity index (χ2v) is 28.0. The first-order chi connectivity index (χ1) is 46.4. The van der Waals surface area contributed by atoms with Crippen molar-refractivity contribution < 1.29 is 87.9 Å². The lowest BCUT2D eigenvalue weighted by atomic mass is 9.98. The fourth-order valence-electron chi connectivity index (χ4n) is 11.0. The summed E-state index contributed by atoms with van der Waals surface area (Å²) in [4.78, 5) is 187. The Labute approximate surface area is 572 Å². The molecule has 31 nitrogen and oxygen atoms in total. The van der Waals surface area contributed by atoms with E-state index in [0.717, 1.165) is 26.5 Å². The van der Waals surface area contributed by atoms with Crippen LogP contribution in [-0.4, -0.2) is 209 Å². The number of amides is 10. The van der Waals surface area contributed by atoms with Gasteiger partial charge in [0.2, 0.25) is 59.1 Å². The van der Waals surface area contributed by atoms with Gasteiger partial charge in [-0.25, -0.2) is 4.79 Å². The molecule has 0 unspecified atom stereocenters. The van der Waals surface area contributed by atoms with Gasteiger partial charge >= 0.3 is 17.9 Å². The molecule has 10 amide bonds. The number of aliphatic carboxylic acids is 3. The quantitative estimate of drug-likeness (QED) is 0.0334. The Kier molecular flexibility index (Phi) is 28.8. The number of carbonyl (C=O) groups excluding carboxylic acids is 10. The number of aromatic hydroxyl groups is 1. The van der Waals surface area contributed by atoms with Gasteiger partial charge in [-0.15, -0.1) is 0 Å². The summed E-state index contributed by atoms with van der Waals surface area (Å²) in [5.74, 6) is -15.7. The lowest BCUT2D eigenvalue weighted by Gasteiger charge is -2.35. The van der Waals surface area contributed by atoms with Crippen LogP contribution in [0.4, 0.5) is 0 Å². The third-order valence-electron chi connectivity index (χ3n) is 16.5. The van der Waals surface area contributed by atoms with E-state index in [9.17, 15) is 68.4 Å². The molecule has 0 saturated carbocycles. The predicted molar refractivity (Wildman–Crippen MR) is 360 cm³/mol. The fraction of sp³-hybridized carbons (Fsp3) is 0.492. The Morgan fingerprint density at radius 3 is 1.87 bits per heavy atom. The van der Waals surface area contributed by atoms with Crippen LogP contribution in [-0.2, 0) is 81.6 Å². The average molecular weight is 1400 g/mol. The van der Waals surface area contributed by atoms with Crippen LogP contribution >= 0.6 is 21.6 Å². The number of aliphatic hydroxyl groups is 1. The summed E-state index contributed by atoms with van der Waals surface area (Å²) in [5.41, 5.74) is 13.9. The maximum Gasteiger partial charge on any atom is 0.326 e. The smallest absolute Gasteiger partial charge is 0.326 e. The predicted octanol–water partition coefficient (Wildman–Crippen LogP) is -1.04. The van der Waals surface area contributed by atoms with Gasteiger partial charge in [0.25, 0.3) is 0 Å². The highest BCUT2D eigenvalue weighted by Crippen LogP contribution is 2.39. The van der Waals surface area contributed by atoms with Crippen LogP contribution in [0.3, 0.4) is 0 Å². The van der Waals surface area contributed by atoms with E-state index >= 15 is 14.4 Å². The number of hydrogen-bond donors (Lipinski definition) is 17. The molecular weight excluding hydrogens is 1310 g/mol. The van der Waals surface area contributed by atoms with Gasteiger partial charge in [0.05, 0.1) is 18.6 Å². The summed E-state index contributed by atoms with van der Waals surface area (Å²) >= 11 is 0. The number of fused-ring (bicyclic) bond motifs is 1. The number of nitrogens with two attached hydrogens (primary N) is 2. The van der Waals surface area contributed by atoms with Crippen LogP contribution in [0.5, 0.6) is 5.75 Å². The summed E-state index contributed by atoms with van der Waals surface area (Å²) in [5, 5.41) is 74.4. The SMILES string of the molecule is CC(C)[C@H](NC(=O)[C@@H]1CSSC(C)(C)[C@H](NC(=O)[C@H](CC(=O)O)NC(=O)[C@@H]2CCCN2C(=O)[C@@H](NC(=O)[C@@H](N)CCC(=O)O)[C@@H](C)O)C(=O)N[C@@H](Cc2ccccc2)C(=O)N[C@H](Cc2c[nH]c3ccccc23)C(=O)N[C@@H](CCCN)C(=O)N[C@@H](Cc2ccc(O)cc2)C(=O)N1)C(=O)O. The first-order valence-electron chi connectivity index (χ1n) is 31.9. The number of nitrogens with one attached hydrogen (secondary N) is 10. The van der Waals surface area contributed by atoms with E-state index in [-0.39, 0.29) is 70.2 Å². The van der Waals surface area contributed by atoms with Crippen LogP contribution < -0.4 is 59.3 Å². The van der Waals surface area contributed by atoms with Crippen molar-refractivity contribution in [2.75, 3.05) is 18.8 Å². The van der Waals surface area contributed by atoms with Gasteiger partial charge in [0.1, 0.15) is 66.2 Å². The number of carboxylic acids is 3. The minimum Gasteiger partial charge on any atom is -0.508 e. The fourth-order valence-corrected chi connectivity index (χ4v) is 13.9. The minimum atomic E-state index is -2.03. The molecular formula is C65H87N13O18S2. The molecule has 2 aliphatic rings. The molecule has 532 valence electrons. The highest BCUT2D eigenvalue weighted by atomic mass is 33.1. The first kappa shape index (κ1) is 77.7. The highest BCUT2D eigenvalue weighted by Gasteiger charge is 2.45. The van der Waals surface area contributed by atoms with E-state index in [0.29, 0.717) is 27.6 Å². The summed E-state index contributed by atoms with van der Waals surface area (Å²) in [7, 11) is 1.68. The topological polar surface area (TPSA) is 502 Å². The number of rotatable bonds is 26. The van der Waals surface area contributed by atoms with Gasteiger partial charge in [-0.3, -0.25) is 57.5 Å². The van der Waals surface area contributed by atoms with Gasteiger partial charge in [0.15, 0.2) is 0 Å². The second kappa shape index (κ2) is 36.3. The summed E-state index contributed by atoms with van der Waals surface area (Å²) in [6.07, 6.45) is -2.51. The second-order valence-electron chi connectivity index (χ2n) is 25.0. The maximum atomic E-state index is 15.5. The number of phenolic OH excluding ortho intramolecular Hbond substituents is 1. The molecule has 2 saturated heterocycles. The summed E-state index contributed by atoms with van der Waals surface area (Å²) in [6, 6.07) is 3.33. The van der Waals surface area contributed by atoms with Crippen molar-refractivity contribution in [3.63, 3.8) is 0 Å². The van der Waals surface area contributed by atoms with Crippen molar-refractivity contribution >= 4 is 109 Å². The van der Waals surface area contributed by atoms with Gasteiger partial charge in [0, 0.05) is 59.8 Å². The van der Waals surface area contributed by atoms with Gasteiger partial charge in [-0.2, -0.15) is 0 Å². The number of aromatic amines is 1. The third-order valence-corrected chi connectivity index (χ3v) is 19.8. The van der Waals surface area contributed by atoms with E-state index in [1.54, 1.807) is 60.8 Å². The molecule has 0 spiro atoms. The molecule has 12 atom stereocenters. The van der Waals surface area contributed by atoms with E-state index in [2.05, 4.69) is 52.8 Å². The Morgan fingerprint density at radius 1 is 0.684 bits per heavy atom. The van der Waals surface area contributed by atoms with Gasteiger partial charge < -0.3 is 94.7 Å². The first-order valence-corrected chi connectivity index (χ1v) is 34.2. The Hall–Kier alpha value is -9.31. The number of H-pyrrole nitrogens is 1. The molecule has 2 aliphatic heterocycles. The number of likely N-dealkylation sites (tertiary alicyclic amines) is 1. The molecule has 19 N–H and O–H groups in total. The van der Waals surface area contributed by atoms with Crippen LogP contribution in [0.15, 0.2) is 85.1 Å². The van der Waals surface area contributed by atoms with Crippen molar-refractivity contribution in [2.45, 2.75) is 176 Å². The molecule has 0 bridgehead atoms. The number of carbonyl (C=O) groups is 13. The van der Waals surface area contributed by atoms with Crippen molar-refractivity contribution in [3.8, 4) is 5.75 Å². The van der Waals surface area contributed by atoms with Crippen LogP contribution in [0.2, 0.25) is 0 Å². The van der Waals surface area contributed by atoms with Gasteiger partial charge in [-0.05, 0) is 100 Å². The van der Waals surface area contributed by atoms with E-state index in [1.807, 2.05) is 0 Å². The maximum absolute atomic E-state index is 15.5. The Bertz CT molecular complexity index is 3520. The zero-order valence-corrected chi connectivity index (χ0v) is 56.4. The number of carboxylic acid groups (broad SMARTS) is 3. The Balaban J connectivity index is 1.45. The number of phenols is 1. The largest absolute Gasteiger partial charge is 0.508 e. The molecule has 3 heterocycles. The van der Waals surface area contributed by atoms with Crippen LogP contribution in [0.25, 0.3) is 10.9 Å². The van der Waals surface area contributed by atoms with Crippen LogP contribution in [0, 0.1) is 5.92 Å². The molecule has 6 rings (SSSR count). The molecule has 0 aliphatic carbocycles. The summed E-state index contributed by atoms with van der Waals surface area (Å²) < 4.78 is -1.67. The molecule has 4 aromatic rings. The molecule has 98 heavy (non-hydrogen) atoms. The lowest BCUT2D eigenvalue weighted by Crippen LogP contribution is -2.64. The van der Waals surface area contributed by atoms with Crippen LogP contribution in [0.1, 0.15) is 96.3 Å². The molecule has 0 radical (unpaired) electrons. The number of benzene rings is 3. The lowest BCUT2D eigenvalue weighted by molar-refractivity contribution is -0.145. The van der Waals surface area contributed by atoms with Crippen molar-refractivity contribution in [1.82, 2.24) is 57.7 Å². The monoisotopic (exact) mass is 1400 g/mol.